The highest BCUT2D eigenvalue weighted by Crippen LogP contribution is 2.03. The molecule has 1 atom stereocenters. The second-order valence-electron chi connectivity index (χ2n) is 3.87. The quantitative estimate of drug-likeness (QED) is 0.484. The van der Waals surface area contributed by atoms with E-state index >= 15 is 0 Å². The molecule has 14 heavy (non-hydrogen) atoms. The van der Waals surface area contributed by atoms with Gasteiger partial charge in [0.15, 0.2) is 0 Å². The predicted octanol–water partition coefficient (Wildman–Crippen LogP) is 0.289. The van der Waals surface area contributed by atoms with E-state index in [2.05, 4.69) is 16.7 Å². The van der Waals surface area contributed by atoms with E-state index in [4.69, 9.17) is 0 Å². The molecule has 5 heteroatoms. The average molecular weight is 201 g/mol. The minimum atomic E-state index is -0.442. The maximum Gasteiger partial charge on any atom is 0.222 e. The number of nitro groups is 1. The SMILES string of the molecule is CCN1CCN(CC(C)[N+](=O)[O-])CC1. The van der Waals surface area contributed by atoms with E-state index in [-0.39, 0.29) is 4.92 Å². The summed E-state index contributed by atoms with van der Waals surface area (Å²) in [5.74, 6) is 0. The van der Waals surface area contributed by atoms with Crippen molar-refractivity contribution in [3.8, 4) is 0 Å². The first-order valence-electron chi connectivity index (χ1n) is 5.21. The third-order valence-electron chi connectivity index (χ3n) is 2.79. The van der Waals surface area contributed by atoms with Crippen LogP contribution in [-0.4, -0.2) is 60.0 Å². The predicted molar refractivity (Wildman–Crippen MR) is 55.0 cm³/mol. The molecule has 0 amide bonds. The molecule has 0 saturated carbocycles. The van der Waals surface area contributed by atoms with Crippen molar-refractivity contribution in [3.63, 3.8) is 0 Å². The fraction of sp³-hybridized carbons (Fsp3) is 1.00. The zero-order valence-corrected chi connectivity index (χ0v) is 8.98. The number of hydrogen-bond acceptors (Lipinski definition) is 4. The molecule has 0 spiro atoms. The summed E-state index contributed by atoms with van der Waals surface area (Å²) in [6, 6.07) is -0.442. The van der Waals surface area contributed by atoms with Crippen molar-refractivity contribution >= 4 is 0 Å². The van der Waals surface area contributed by atoms with Crippen LogP contribution in [0, 0.1) is 10.1 Å². The van der Waals surface area contributed by atoms with Crippen molar-refractivity contribution in [2.24, 2.45) is 0 Å². The van der Waals surface area contributed by atoms with E-state index in [1.165, 1.54) is 0 Å². The Labute approximate surface area is 84.8 Å². The van der Waals surface area contributed by atoms with Crippen molar-refractivity contribution in [2.75, 3.05) is 39.3 Å². The Morgan fingerprint density at radius 1 is 1.29 bits per heavy atom. The lowest BCUT2D eigenvalue weighted by atomic mass is 10.2. The molecule has 1 fully saturated rings. The van der Waals surface area contributed by atoms with Gasteiger partial charge >= 0.3 is 0 Å². The molecular weight excluding hydrogens is 182 g/mol. The molecule has 1 rings (SSSR count). The average Bonchev–Trinajstić information content (AvgIpc) is 2.19. The Kier molecular flexibility index (Phi) is 4.28. The van der Waals surface area contributed by atoms with E-state index in [0.29, 0.717) is 6.54 Å². The van der Waals surface area contributed by atoms with Crippen LogP contribution in [0.5, 0.6) is 0 Å². The van der Waals surface area contributed by atoms with Crippen LogP contribution in [0.25, 0.3) is 0 Å². The van der Waals surface area contributed by atoms with Gasteiger partial charge in [-0.1, -0.05) is 6.92 Å². The third-order valence-corrected chi connectivity index (χ3v) is 2.79. The van der Waals surface area contributed by atoms with Crippen LogP contribution in [-0.2, 0) is 0 Å². The monoisotopic (exact) mass is 201 g/mol. The molecule has 1 aliphatic rings. The highest BCUT2D eigenvalue weighted by molar-refractivity contribution is 4.72. The van der Waals surface area contributed by atoms with Gasteiger partial charge in [0.1, 0.15) is 0 Å². The first-order chi connectivity index (χ1) is 6.63. The van der Waals surface area contributed by atoms with Crippen LogP contribution in [0.2, 0.25) is 0 Å². The van der Waals surface area contributed by atoms with Crippen LogP contribution in [0.1, 0.15) is 13.8 Å². The van der Waals surface area contributed by atoms with E-state index in [1.54, 1.807) is 6.92 Å². The Balaban J connectivity index is 2.25. The highest BCUT2D eigenvalue weighted by Gasteiger charge is 2.21. The highest BCUT2D eigenvalue weighted by atomic mass is 16.6. The number of nitrogens with zero attached hydrogens (tertiary/aromatic N) is 3. The fourth-order valence-corrected chi connectivity index (χ4v) is 1.73. The van der Waals surface area contributed by atoms with E-state index in [9.17, 15) is 10.1 Å². The normalized spacial score (nSPS) is 22.1. The van der Waals surface area contributed by atoms with E-state index in [0.717, 1.165) is 32.7 Å². The molecule has 0 aliphatic carbocycles. The van der Waals surface area contributed by atoms with E-state index in [1.807, 2.05) is 0 Å². The van der Waals surface area contributed by atoms with Gasteiger partial charge in [0, 0.05) is 38.0 Å². The molecule has 0 aromatic carbocycles. The molecule has 0 N–H and O–H groups in total. The van der Waals surface area contributed by atoms with E-state index < -0.39 is 6.04 Å². The molecule has 0 aromatic rings. The first-order valence-corrected chi connectivity index (χ1v) is 5.21. The molecule has 1 heterocycles. The van der Waals surface area contributed by atoms with Crippen LogP contribution in [0.3, 0.4) is 0 Å². The van der Waals surface area contributed by atoms with Gasteiger partial charge in [-0.15, -0.1) is 0 Å². The van der Waals surface area contributed by atoms with Crippen LogP contribution in [0.4, 0.5) is 0 Å². The molecule has 0 radical (unpaired) electrons. The summed E-state index contributed by atoms with van der Waals surface area (Å²) >= 11 is 0. The van der Waals surface area contributed by atoms with Gasteiger partial charge in [-0.25, -0.2) is 0 Å². The lowest BCUT2D eigenvalue weighted by Gasteiger charge is -2.33. The molecule has 82 valence electrons. The van der Waals surface area contributed by atoms with Crippen molar-refractivity contribution < 1.29 is 4.92 Å². The van der Waals surface area contributed by atoms with Gasteiger partial charge in [0.05, 0.1) is 6.54 Å². The van der Waals surface area contributed by atoms with Gasteiger partial charge < -0.3 is 4.90 Å². The molecular formula is C9H19N3O2. The lowest BCUT2D eigenvalue weighted by molar-refractivity contribution is -0.518. The molecule has 1 saturated heterocycles. The van der Waals surface area contributed by atoms with Gasteiger partial charge in [-0.2, -0.15) is 0 Å². The number of hydrogen-bond donors (Lipinski definition) is 0. The zero-order valence-electron chi connectivity index (χ0n) is 8.98. The molecule has 1 aliphatic heterocycles. The minimum absolute atomic E-state index is 0.202. The Morgan fingerprint density at radius 3 is 2.21 bits per heavy atom. The topological polar surface area (TPSA) is 49.6 Å². The maximum absolute atomic E-state index is 10.5. The largest absolute Gasteiger partial charge is 0.301 e. The standard InChI is InChI=1S/C9H19N3O2/c1-3-10-4-6-11(7-5-10)8-9(2)12(13)14/h9H,3-8H2,1-2H3. The number of likely N-dealkylation sites (N-methyl/N-ethyl adjacent to an activating group) is 1. The van der Waals surface area contributed by atoms with Crippen molar-refractivity contribution in [2.45, 2.75) is 19.9 Å². The van der Waals surface area contributed by atoms with Crippen molar-refractivity contribution in [3.05, 3.63) is 10.1 Å². The zero-order chi connectivity index (χ0) is 10.6. The fourth-order valence-electron chi connectivity index (χ4n) is 1.73. The summed E-state index contributed by atoms with van der Waals surface area (Å²) in [5, 5.41) is 10.5. The summed E-state index contributed by atoms with van der Waals surface area (Å²) in [7, 11) is 0. The molecule has 1 unspecified atom stereocenters. The summed E-state index contributed by atoms with van der Waals surface area (Å²) in [5.41, 5.74) is 0. The van der Waals surface area contributed by atoms with Crippen molar-refractivity contribution in [1.29, 1.82) is 0 Å². The molecule has 0 aromatic heterocycles. The van der Waals surface area contributed by atoms with Crippen molar-refractivity contribution in [1.82, 2.24) is 9.80 Å². The van der Waals surface area contributed by atoms with Gasteiger partial charge in [-0.05, 0) is 6.54 Å². The first kappa shape index (κ1) is 11.4. The van der Waals surface area contributed by atoms with Crippen LogP contribution < -0.4 is 0 Å². The smallest absolute Gasteiger partial charge is 0.222 e. The minimum Gasteiger partial charge on any atom is -0.301 e. The third kappa shape index (κ3) is 3.23. The maximum atomic E-state index is 10.5. The Bertz CT molecular complexity index is 190. The molecule has 5 nitrogen and oxygen atoms in total. The molecule has 0 bridgehead atoms. The summed E-state index contributed by atoms with van der Waals surface area (Å²) in [6.45, 7) is 9.50. The van der Waals surface area contributed by atoms with Crippen LogP contribution >= 0.6 is 0 Å². The van der Waals surface area contributed by atoms with Crippen LogP contribution in [0.15, 0.2) is 0 Å². The second kappa shape index (κ2) is 5.26. The summed E-state index contributed by atoms with van der Waals surface area (Å²) in [6.07, 6.45) is 0. The number of piperazine rings is 1. The van der Waals surface area contributed by atoms with Gasteiger partial charge in [0.25, 0.3) is 0 Å². The Hall–Kier alpha value is -0.680. The van der Waals surface area contributed by atoms with Gasteiger partial charge in [0.2, 0.25) is 6.04 Å². The number of rotatable bonds is 4. The van der Waals surface area contributed by atoms with Gasteiger partial charge in [-0.3, -0.25) is 15.0 Å². The Morgan fingerprint density at radius 2 is 1.79 bits per heavy atom. The second-order valence-corrected chi connectivity index (χ2v) is 3.87. The lowest BCUT2D eigenvalue weighted by Crippen LogP contribution is -2.48. The summed E-state index contributed by atoms with van der Waals surface area (Å²) in [4.78, 5) is 14.8. The summed E-state index contributed by atoms with van der Waals surface area (Å²) < 4.78 is 0.